The van der Waals surface area contributed by atoms with Crippen LogP contribution in [0.1, 0.15) is 51.4 Å². The summed E-state index contributed by atoms with van der Waals surface area (Å²) in [6.07, 6.45) is 8.90. The molecule has 0 saturated heterocycles. The molecule has 0 spiro atoms. The van der Waals surface area contributed by atoms with Gasteiger partial charge in [-0.05, 0) is 12.8 Å². The Labute approximate surface area is 111 Å². The molecule has 0 heterocycles. The van der Waals surface area contributed by atoms with Crippen LogP contribution in [0.15, 0.2) is 0 Å². The summed E-state index contributed by atoms with van der Waals surface area (Å²) in [7, 11) is 4.80. The minimum absolute atomic E-state index is 0.679. The molecule has 0 atom stereocenters. The SMILES string of the molecule is [C-]#[N+]CCCCCCCCCC(OC)(OC)OC. The molecule has 0 aromatic carbocycles. The minimum Gasteiger partial charge on any atom is -0.331 e. The van der Waals surface area contributed by atoms with Crippen molar-refractivity contribution in [3.8, 4) is 0 Å². The topological polar surface area (TPSA) is 32.0 Å². The summed E-state index contributed by atoms with van der Waals surface area (Å²) in [4.78, 5) is 3.35. The smallest absolute Gasteiger partial charge is 0.282 e. The summed E-state index contributed by atoms with van der Waals surface area (Å²) in [5.74, 6) is -0.865. The fraction of sp³-hybridized carbons (Fsp3) is 0.929. The molecule has 4 heteroatoms. The van der Waals surface area contributed by atoms with Crippen molar-refractivity contribution in [2.24, 2.45) is 0 Å². The van der Waals surface area contributed by atoms with Crippen molar-refractivity contribution in [2.75, 3.05) is 27.9 Å². The predicted octanol–water partition coefficient (Wildman–Crippen LogP) is 3.62. The van der Waals surface area contributed by atoms with Crippen LogP contribution >= 0.6 is 0 Å². The van der Waals surface area contributed by atoms with E-state index in [0.29, 0.717) is 6.54 Å². The molecule has 0 aromatic heterocycles. The maximum atomic E-state index is 6.68. The predicted molar refractivity (Wildman–Crippen MR) is 72.2 cm³/mol. The molecule has 0 aromatic rings. The first kappa shape index (κ1) is 17.4. The maximum absolute atomic E-state index is 6.68. The quantitative estimate of drug-likeness (QED) is 0.304. The second kappa shape index (κ2) is 11.5. The van der Waals surface area contributed by atoms with Crippen LogP contribution in [0, 0.1) is 6.57 Å². The zero-order valence-electron chi connectivity index (χ0n) is 12.0. The van der Waals surface area contributed by atoms with Crippen molar-refractivity contribution < 1.29 is 14.2 Å². The number of rotatable bonds is 12. The first-order chi connectivity index (χ1) is 8.74. The lowest BCUT2D eigenvalue weighted by molar-refractivity contribution is -0.355. The first-order valence-corrected chi connectivity index (χ1v) is 6.73. The summed E-state index contributed by atoms with van der Waals surface area (Å²) in [6.45, 7) is 7.36. The van der Waals surface area contributed by atoms with E-state index in [1.165, 1.54) is 32.1 Å². The number of unbranched alkanes of at least 4 members (excludes halogenated alkanes) is 6. The summed E-state index contributed by atoms with van der Waals surface area (Å²) in [5, 5.41) is 0. The third kappa shape index (κ3) is 7.65. The molecule has 0 rings (SSSR count). The lowest BCUT2D eigenvalue weighted by Crippen LogP contribution is -2.35. The maximum Gasteiger partial charge on any atom is 0.282 e. The van der Waals surface area contributed by atoms with Crippen molar-refractivity contribution in [1.82, 2.24) is 0 Å². The number of ether oxygens (including phenoxy) is 3. The van der Waals surface area contributed by atoms with Crippen LogP contribution in [-0.2, 0) is 14.2 Å². The highest BCUT2D eigenvalue weighted by Gasteiger charge is 2.28. The molecule has 18 heavy (non-hydrogen) atoms. The van der Waals surface area contributed by atoms with Gasteiger partial charge in [0.05, 0.1) is 0 Å². The Bertz CT molecular complexity index is 213. The third-order valence-electron chi connectivity index (χ3n) is 3.19. The van der Waals surface area contributed by atoms with Crippen LogP contribution in [0.3, 0.4) is 0 Å². The molecule has 0 aliphatic carbocycles. The van der Waals surface area contributed by atoms with Gasteiger partial charge in [0.1, 0.15) is 0 Å². The van der Waals surface area contributed by atoms with E-state index in [4.69, 9.17) is 20.8 Å². The van der Waals surface area contributed by atoms with Gasteiger partial charge in [0.15, 0.2) is 0 Å². The zero-order chi connectivity index (χ0) is 13.7. The highest BCUT2D eigenvalue weighted by Crippen LogP contribution is 2.21. The Morgan fingerprint density at radius 3 is 1.67 bits per heavy atom. The number of hydrogen-bond donors (Lipinski definition) is 0. The van der Waals surface area contributed by atoms with Crippen LogP contribution in [0.5, 0.6) is 0 Å². The molecule has 0 amide bonds. The molecular weight excluding hydrogens is 230 g/mol. The summed E-state index contributed by atoms with van der Waals surface area (Å²) < 4.78 is 15.7. The van der Waals surface area contributed by atoms with Crippen molar-refractivity contribution in [2.45, 2.75) is 57.3 Å². The van der Waals surface area contributed by atoms with E-state index in [1.807, 2.05) is 0 Å². The van der Waals surface area contributed by atoms with Crippen LogP contribution < -0.4 is 0 Å². The Morgan fingerprint density at radius 2 is 1.22 bits per heavy atom. The van der Waals surface area contributed by atoms with Crippen LogP contribution in [0.4, 0.5) is 0 Å². The van der Waals surface area contributed by atoms with Crippen molar-refractivity contribution in [1.29, 1.82) is 0 Å². The van der Waals surface area contributed by atoms with E-state index < -0.39 is 5.97 Å². The lowest BCUT2D eigenvalue weighted by atomic mass is 10.1. The van der Waals surface area contributed by atoms with Crippen molar-refractivity contribution >= 4 is 0 Å². The highest BCUT2D eigenvalue weighted by molar-refractivity contribution is 4.59. The zero-order valence-corrected chi connectivity index (χ0v) is 12.0. The Morgan fingerprint density at radius 1 is 0.778 bits per heavy atom. The molecule has 4 nitrogen and oxygen atoms in total. The average Bonchev–Trinajstić information content (AvgIpc) is 2.42. The van der Waals surface area contributed by atoms with E-state index in [2.05, 4.69) is 4.85 Å². The molecule has 0 unspecified atom stereocenters. The number of methoxy groups -OCH3 is 3. The van der Waals surface area contributed by atoms with Gasteiger partial charge in [-0.3, -0.25) is 0 Å². The highest BCUT2D eigenvalue weighted by atomic mass is 16.9. The van der Waals surface area contributed by atoms with E-state index in [1.54, 1.807) is 21.3 Å². The summed E-state index contributed by atoms with van der Waals surface area (Å²) in [6, 6.07) is 0. The second-order valence-electron chi connectivity index (χ2n) is 4.40. The molecule has 0 fully saturated rings. The van der Waals surface area contributed by atoms with Gasteiger partial charge in [0.2, 0.25) is 6.54 Å². The van der Waals surface area contributed by atoms with Gasteiger partial charge in [-0.15, -0.1) is 0 Å². The van der Waals surface area contributed by atoms with Crippen LogP contribution in [0.2, 0.25) is 0 Å². The van der Waals surface area contributed by atoms with Gasteiger partial charge in [0.25, 0.3) is 5.97 Å². The van der Waals surface area contributed by atoms with Gasteiger partial charge in [-0.25, -0.2) is 6.57 Å². The molecular formula is C14H27NO3. The van der Waals surface area contributed by atoms with Crippen LogP contribution in [0.25, 0.3) is 4.85 Å². The standard InChI is InChI=1S/C14H27NO3/c1-15-13-11-9-7-5-6-8-10-12-14(16-2,17-3)18-4/h5-13H2,2-4H3. The van der Waals surface area contributed by atoms with E-state index in [0.717, 1.165) is 19.3 Å². The third-order valence-corrected chi connectivity index (χ3v) is 3.19. The Balaban J connectivity index is 3.42. The molecule has 106 valence electrons. The van der Waals surface area contributed by atoms with Gasteiger partial charge >= 0.3 is 0 Å². The monoisotopic (exact) mass is 257 g/mol. The van der Waals surface area contributed by atoms with E-state index in [9.17, 15) is 0 Å². The number of hydrogen-bond acceptors (Lipinski definition) is 3. The molecule has 0 bridgehead atoms. The summed E-state index contributed by atoms with van der Waals surface area (Å²) in [5.41, 5.74) is 0. The Hall–Kier alpha value is -0.630. The average molecular weight is 257 g/mol. The van der Waals surface area contributed by atoms with E-state index >= 15 is 0 Å². The van der Waals surface area contributed by atoms with Crippen molar-refractivity contribution in [3.05, 3.63) is 11.4 Å². The molecule has 0 aliphatic rings. The van der Waals surface area contributed by atoms with Crippen molar-refractivity contribution in [3.63, 3.8) is 0 Å². The normalized spacial score (nSPS) is 11.4. The molecule has 0 N–H and O–H groups in total. The fourth-order valence-electron chi connectivity index (χ4n) is 1.97. The molecule has 0 saturated carbocycles. The largest absolute Gasteiger partial charge is 0.331 e. The van der Waals surface area contributed by atoms with Gasteiger partial charge in [0, 0.05) is 34.2 Å². The van der Waals surface area contributed by atoms with Gasteiger partial charge in [-0.1, -0.05) is 25.7 Å². The van der Waals surface area contributed by atoms with E-state index in [-0.39, 0.29) is 0 Å². The number of nitrogens with zero attached hydrogens (tertiary/aromatic N) is 1. The summed E-state index contributed by atoms with van der Waals surface area (Å²) >= 11 is 0. The fourth-order valence-corrected chi connectivity index (χ4v) is 1.97. The Kier molecular flexibility index (Phi) is 11.1. The first-order valence-electron chi connectivity index (χ1n) is 6.73. The molecule has 0 radical (unpaired) electrons. The van der Waals surface area contributed by atoms with Gasteiger partial charge in [-0.2, -0.15) is 0 Å². The molecule has 0 aliphatic heterocycles. The van der Waals surface area contributed by atoms with Gasteiger partial charge < -0.3 is 19.1 Å². The van der Waals surface area contributed by atoms with Crippen LogP contribution in [-0.4, -0.2) is 33.8 Å². The second-order valence-corrected chi connectivity index (χ2v) is 4.40. The lowest BCUT2D eigenvalue weighted by Gasteiger charge is -2.28. The minimum atomic E-state index is -0.865.